The van der Waals surface area contributed by atoms with Crippen LogP contribution in [0.25, 0.3) is 0 Å². The Morgan fingerprint density at radius 3 is 2.62 bits per heavy atom. The van der Waals surface area contributed by atoms with Gasteiger partial charge in [0.05, 0.1) is 0 Å². The van der Waals surface area contributed by atoms with Crippen LogP contribution >= 0.6 is 0 Å². The van der Waals surface area contributed by atoms with Gasteiger partial charge in [0, 0.05) is 6.61 Å². The Bertz CT molecular complexity index is 162. The number of carbonyl (C=O) groups is 1. The molecule has 0 amide bonds. The van der Waals surface area contributed by atoms with Gasteiger partial charge in [0.1, 0.15) is 0 Å². The Morgan fingerprint density at radius 1 is 1.54 bits per heavy atom. The average molecular weight is 186 g/mol. The molecule has 0 aromatic heterocycles. The first-order valence-electron chi connectivity index (χ1n) is 5.08. The van der Waals surface area contributed by atoms with Crippen molar-refractivity contribution in [2.24, 2.45) is 5.92 Å². The molecule has 1 rings (SSSR count). The Labute approximate surface area is 79.1 Å². The van der Waals surface area contributed by atoms with Crippen molar-refractivity contribution >= 4 is 5.97 Å². The van der Waals surface area contributed by atoms with Gasteiger partial charge in [0.2, 0.25) is 0 Å². The van der Waals surface area contributed by atoms with E-state index in [0.29, 0.717) is 18.9 Å². The van der Waals surface area contributed by atoms with Gasteiger partial charge in [-0.2, -0.15) is 0 Å². The van der Waals surface area contributed by atoms with E-state index in [1.54, 1.807) is 0 Å². The predicted octanol–water partition coefficient (Wildman–Crippen LogP) is 2.06. The minimum absolute atomic E-state index is 0.490. The van der Waals surface area contributed by atoms with E-state index in [2.05, 4.69) is 0 Å². The van der Waals surface area contributed by atoms with Crippen molar-refractivity contribution in [1.82, 2.24) is 0 Å². The molecule has 0 aromatic rings. The molecule has 1 saturated carbocycles. The summed E-state index contributed by atoms with van der Waals surface area (Å²) in [5.74, 6) is -0.235. The highest BCUT2D eigenvalue weighted by atomic mass is 16.5. The fourth-order valence-corrected chi connectivity index (χ4v) is 1.99. The van der Waals surface area contributed by atoms with E-state index in [4.69, 9.17) is 9.84 Å². The minimum Gasteiger partial charge on any atom is -0.479 e. The molecule has 1 atom stereocenters. The fourth-order valence-electron chi connectivity index (χ4n) is 1.99. The normalized spacial score (nSPS) is 20.4. The topological polar surface area (TPSA) is 46.5 Å². The maximum absolute atomic E-state index is 10.8. The molecule has 1 fully saturated rings. The van der Waals surface area contributed by atoms with Crippen LogP contribution in [0.5, 0.6) is 0 Å². The number of hydrogen-bond donors (Lipinski definition) is 1. The second-order valence-corrected chi connectivity index (χ2v) is 3.67. The molecule has 0 aliphatic heterocycles. The van der Waals surface area contributed by atoms with Crippen LogP contribution in [0.4, 0.5) is 0 Å². The summed E-state index contributed by atoms with van der Waals surface area (Å²) in [7, 11) is 0. The summed E-state index contributed by atoms with van der Waals surface area (Å²) in [6, 6.07) is 0. The Kier molecular flexibility index (Phi) is 4.22. The lowest BCUT2D eigenvalue weighted by atomic mass is 10.00. The van der Waals surface area contributed by atoms with Gasteiger partial charge in [-0.25, -0.2) is 4.79 Å². The third-order valence-corrected chi connectivity index (χ3v) is 2.67. The Morgan fingerprint density at radius 2 is 2.15 bits per heavy atom. The van der Waals surface area contributed by atoms with Crippen LogP contribution in [-0.2, 0) is 9.53 Å². The largest absolute Gasteiger partial charge is 0.479 e. The molecule has 0 heterocycles. The summed E-state index contributed by atoms with van der Waals surface area (Å²) in [5, 5.41) is 8.84. The van der Waals surface area contributed by atoms with Gasteiger partial charge in [-0.1, -0.05) is 25.7 Å². The minimum atomic E-state index is -0.811. The van der Waals surface area contributed by atoms with Gasteiger partial charge >= 0.3 is 5.97 Å². The number of carboxylic acids is 1. The highest BCUT2D eigenvalue weighted by molar-refractivity contribution is 5.72. The zero-order valence-corrected chi connectivity index (χ0v) is 8.16. The third-order valence-electron chi connectivity index (χ3n) is 2.67. The zero-order valence-electron chi connectivity index (χ0n) is 8.16. The van der Waals surface area contributed by atoms with Crippen molar-refractivity contribution in [3.05, 3.63) is 0 Å². The molecule has 13 heavy (non-hydrogen) atoms. The number of hydrogen-bond acceptors (Lipinski definition) is 2. The maximum atomic E-state index is 10.8. The van der Waals surface area contributed by atoms with E-state index in [1.807, 2.05) is 6.92 Å². The highest BCUT2D eigenvalue weighted by Gasteiger charge is 2.24. The van der Waals surface area contributed by atoms with Crippen molar-refractivity contribution in [1.29, 1.82) is 0 Å². The SMILES string of the molecule is CCO[C@@H](CC1CCCC1)C(=O)O. The third kappa shape index (κ3) is 3.35. The van der Waals surface area contributed by atoms with E-state index in [9.17, 15) is 4.79 Å². The van der Waals surface area contributed by atoms with Crippen LogP contribution in [0, 0.1) is 5.92 Å². The quantitative estimate of drug-likeness (QED) is 0.714. The van der Waals surface area contributed by atoms with E-state index in [0.717, 1.165) is 0 Å². The monoisotopic (exact) mass is 186 g/mol. The number of carboxylic acid groups (broad SMARTS) is 1. The van der Waals surface area contributed by atoms with Crippen molar-refractivity contribution in [2.45, 2.75) is 45.1 Å². The molecule has 0 radical (unpaired) electrons. The van der Waals surface area contributed by atoms with Crippen LogP contribution in [0.15, 0.2) is 0 Å². The van der Waals surface area contributed by atoms with Gasteiger partial charge in [-0.15, -0.1) is 0 Å². The number of ether oxygens (including phenoxy) is 1. The van der Waals surface area contributed by atoms with Gasteiger partial charge in [-0.3, -0.25) is 0 Å². The molecule has 0 spiro atoms. The predicted molar refractivity (Wildman–Crippen MR) is 49.6 cm³/mol. The summed E-state index contributed by atoms with van der Waals surface area (Å²) >= 11 is 0. The van der Waals surface area contributed by atoms with Crippen molar-refractivity contribution in [3.8, 4) is 0 Å². The number of aliphatic carboxylic acids is 1. The first kappa shape index (κ1) is 10.5. The molecule has 0 aromatic carbocycles. The lowest BCUT2D eigenvalue weighted by Crippen LogP contribution is -2.26. The highest BCUT2D eigenvalue weighted by Crippen LogP contribution is 2.29. The van der Waals surface area contributed by atoms with E-state index in [-0.39, 0.29) is 0 Å². The smallest absolute Gasteiger partial charge is 0.332 e. The van der Waals surface area contributed by atoms with Gasteiger partial charge in [0.15, 0.2) is 6.10 Å². The Balaban J connectivity index is 2.32. The van der Waals surface area contributed by atoms with Crippen LogP contribution in [0.3, 0.4) is 0 Å². The lowest BCUT2D eigenvalue weighted by Gasteiger charge is -2.16. The van der Waals surface area contributed by atoms with E-state index < -0.39 is 12.1 Å². The van der Waals surface area contributed by atoms with Gasteiger partial charge < -0.3 is 9.84 Å². The van der Waals surface area contributed by atoms with Crippen LogP contribution in [0.1, 0.15) is 39.0 Å². The summed E-state index contributed by atoms with van der Waals surface area (Å²) < 4.78 is 5.17. The molecule has 0 bridgehead atoms. The van der Waals surface area contributed by atoms with Crippen molar-refractivity contribution in [2.75, 3.05) is 6.61 Å². The first-order valence-corrected chi connectivity index (χ1v) is 5.08. The fraction of sp³-hybridized carbons (Fsp3) is 0.900. The summed E-state index contributed by atoms with van der Waals surface area (Å²) in [5.41, 5.74) is 0. The summed E-state index contributed by atoms with van der Waals surface area (Å²) in [6.45, 7) is 2.33. The molecule has 76 valence electrons. The van der Waals surface area contributed by atoms with Gasteiger partial charge in [0.25, 0.3) is 0 Å². The Hall–Kier alpha value is -0.570. The second kappa shape index (κ2) is 5.22. The standard InChI is InChI=1S/C10H18O3/c1-2-13-9(10(11)12)7-8-5-3-4-6-8/h8-9H,2-7H2,1H3,(H,11,12)/t9-/m0/s1. The molecule has 3 nitrogen and oxygen atoms in total. The molecule has 3 heteroatoms. The molecular weight excluding hydrogens is 168 g/mol. The number of rotatable bonds is 5. The summed E-state index contributed by atoms with van der Waals surface area (Å²) in [6.07, 6.45) is 4.98. The van der Waals surface area contributed by atoms with E-state index >= 15 is 0 Å². The molecule has 1 N–H and O–H groups in total. The maximum Gasteiger partial charge on any atom is 0.332 e. The van der Waals surface area contributed by atoms with Crippen molar-refractivity contribution < 1.29 is 14.6 Å². The van der Waals surface area contributed by atoms with Crippen LogP contribution in [-0.4, -0.2) is 23.8 Å². The van der Waals surface area contributed by atoms with Crippen molar-refractivity contribution in [3.63, 3.8) is 0 Å². The lowest BCUT2D eigenvalue weighted by molar-refractivity contribution is -0.151. The average Bonchev–Trinajstić information content (AvgIpc) is 2.56. The molecule has 1 aliphatic rings. The summed E-state index contributed by atoms with van der Waals surface area (Å²) in [4.78, 5) is 10.8. The van der Waals surface area contributed by atoms with Crippen LogP contribution < -0.4 is 0 Å². The molecule has 1 aliphatic carbocycles. The molecule has 0 unspecified atom stereocenters. The van der Waals surface area contributed by atoms with Gasteiger partial charge in [-0.05, 0) is 19.3 Å². The second-order valence-electron chi connectivity index (χ2n) is 3.67. The van der Waals surface area contributed by atoms with Crippen LogP contribution in [0.2, 0.25) is 0 Å². The van der Waals surface area contributed by atoms with E-state index in [1.165, 1.54) is 25.7 Å². The zero-order chi connectivity index (χ0) is 9.68. The first-order chi connectivity index (χ1) is 6.24. The molecule has 0 saturated heterocycles. The molecular formula is C10H18O3.